The molecule has 2 aliphatic rings. The van der Waals surface area contributed by atoms with Gasteiger partial charge in [-0.2, -0.15) is 8.61 Å². The predicted molar refractivity (Wildman–Crippen MR) is 127 cm³/mol. The van der Waals surface area contributed by atoms with Gasteiger partial charge in [-0.25, -0.2) is 16.8 Å². The summed E-state index contributed by atoms with van der Waals surface area (Å²) in [7, 11) is -7.27. The quantitative estimate of drug-likeness (QED) is 0.669. The lowest BCUT2D eigenvalue weighted by molar-refractivity contribution is -0.120. The van der Waals surface area contributed by atoms with Gasteiger partial charge in [-0.3, -0.25) is 4.79 Å². The van der Waals surface area contributed by atoms with Gasteiger partial charge in [-0.05, 0) is 55.5 Å². The highest BCUT2D eigenvalue weighted by molar-refractivity contribution is 7.89. The number of nitrogens with one attached hydrogen (secondary N) is 1. The summed E-state index contributed by atoms with van der Waals surface area (Å²) < 4.78 is 54.3. The van der Waals surface area contributed by atoms with E-state index in [-0.39, 0.29) is 23.6 Å². The molecule has 8 nitrogen and oxygen atoms in total. The standard InChI is InChI=1S/C23H29N3O5S2/c1-2-32(28,29)26-17-19-10-5-4-9-18(19)15-22(26)23(27)24-20-11-8-12-21(16-20)33(30,31)25-13-6-3-7-14-25/h4-5,8-12,16,22H,2-3,6-7,13-15,17H2,1H3,(H,24,27)/t22-/m1/s1. The van der Waals surface area contributed by atoms with Crippen LogP contribution < -0.4 is 5.32 Å². The highest BCUT2D eigenvalue weighted by Crippen LogP contribution is 2.28. The Morgan fingerprint density at radius 1 is 0.970 bits per heavy atom. The maximum Gasteiger partial charge on any atom is 0.243 e. The van der Waals surface area contributed by atoms with E-state index in [1.807, 2.05) is 24.3 Å². The molecule has 1 N–H and O–H groups in total. The molecule has 33 heavy (non-hydrogen) atoms. The Morgan fingerprint density at radius 2 is 1.67 bits per heavy atom. The van der Waals surface area contributed by atoms with E-state index < -0.39 is 32.0 Å². The molecule has 1 saturated heterocycles. The molecule has 1 amide bonds. The van der Waals surface area contributed by atoms with Gasteiger partial charge in [0.15, 0.2) is 0 Å². The van der Waals surface area contributed by atoms with Gasteiger partial charge in [0.2, 0.25) is 26.0 Å². The molecule has 0 radical (unpaired) electrons. The van der Waals surface area contributed by atoms with Gasteiger partial charge in [-0.15, -0.1) is 0 Å². The van der Waals surface area contributed by atoms with Crippen LogP contribution in [0.5, 0.6) is 0 Å². The van der Waals surface area contributed by atoms with Crippen molar-refractivity contribution in [3.8, 4) is 0 Å². The zero-order valence-electron chi connectivity index (χ0n) is 18.6. The van der Waals surface area contributed by atoms with Crippen molar-refractivity contribution in [1.29, 1.82) is 0 Å². The number of fused-ring (bicyclic) bond motifs is 1. The number of nitrogens with zero attached hydrogens (tertiary/aromatic N) is 2. The number of carbonyl (C=O) groups is 1. The molecule has 0 aliphatic carbocycles. The van der Waals surface area contributed by atoms with Crippen LogP contribution in [-0.2, 0) is 37.8 Å². The minimum absolute atomic E-state index is 0.109. The summed E-state index contributed by atoms with van der Waals surface area (Å²) in [6.45, 7) is 2.67. The summed E-state index contributed by atoms with van der Waals surface area (Å²) in [6.07, 6.45) is 2.94. The van der Waals surface area contributed by atoms with Gasteiger partial charge in [0, 0.05) is 25.3 Å². The second-order valence-corrected chi connectivity index (χ2v) is 12.6. The Bertz CT molecular complexity index is 1240. The van der Waals surface area contributed by atoms with Crippen LogP contribution in [0.25, 0.3) is 0 Å². The molecule has 0 saturated carbocycles. The van der Waals surface area contributed by atoms with E-state index >= 15 is 0 Å². The molecule has 1 atom stereocenters. The van der Waals surface area contributed by atoms with Crippen molar-refractivity contribution >= 4 is 31.6 Å². The second-order valence-electron chi connectivity index (χ2n) is 8.42. The zero-order valence-corrected chi connectivity index (χ0v) is 20.2. The molecule has 2 aromatic rings. The lowest BCUT2D eigenvalue weighted by atomic mass is 9.95. The van der Waals surface area contributed by atoms with Crippen molar-refractivity contribution in [2.24, 2.45) is 0 Å². The van der Waals surface area contributed by atoms with E-state index in [0.29, 0.717) is 18.8 Å². The molecule has 4 rings (SSSR count). The summed E-state index contributed by atoms with van der Waals surface area (Å²) in [6, 6.07) is 12.7. The van der Waals surface area contributed by atoms with E-state index in [9.17, 15) is 21.6 Å². The van der Waals surface area contributed by atoms with Crippen molar-refractivity contribution in [3.05, 3.63) is 59.7 Å². The van der Waals surface area contributed by atoms with Crippen molar-refractivity contribution in [1.82, 2.24) is 8.61 Å². The molecule has 10 heteroatoms. The van der Waals surface area contributed by atoms with Crippen molar-refractivity contribution in [2.75, 3.05) is 24.2 Å². The highest BCUT2D eigenvalue weighted by Gasteiger charge is 2.38. The van der Waals surface area contributed by atoms with E-state index in [4.69, 9.17) is 0 Å². The molecule has 0 aromatic heterocycles. The van der Waals surface area contributed by atoms with Gasteiger partial charge < -0.3 is 5.32 Å². The first-order valence-corrected chi connectivity index (χ1v) is 14.2. The Balaban J connectivity index is 1.59. The summed E-state index contributed by atoms with van der Waals surface area (Å²) in [5, 5.41) is 2.76. The lowest BCUT2D eigenvalue weighted by Gasteiger charge is -2.34. The van der Waals surface area contributed by atoms with Crippen LogP contribution in [0.15, 0.2) is 53.4 Å². The third-order valence-corrected chi connectivity index (χ3v) is 10.0. The number of hydrogen-bond donors (Lipinski definition) is 1. The maximum absolute atomic E-state index is 13.2. The van der Waals surface area contributed by atoms with Crippen LogP contribution in [0.2, 0.25) is 0 Å². The number of rotatable bonds is 6. The van der Waals surface area contributed by atoms with Crippen LogP contribution in [0, 0.1) is 0 Å². The van der Waals surface area contributed by atoms with Crippen LogP contribution in [0.1, 0.15) is 37.3 Å². The number of anilines is 1. The fourth-order valence-electron chi connectivity index (χ4n) is 4.39. The number of amides is 1. The molecule has 2 aliphatic heterocycles. The number of sulfonamides is 2. The van der Waals surface area contributed by atoms with Crippen molar-refractivity contribution in [2.45, 2.75) is 50.1 Å². The van der Waals surface area contributed by atoms with E-state index in [2.05, 4.69) is 5.32 Å². The molecule has 0 spiro atoms. The Morgan fingerprint density at radius 3 is 2.36 bits per heavy atom. The van der Waals surface area contributed by atoms with E-state index in [1.165, 1.54) is 20.7 Å². The lowest BCUT2D eigenvalue weighted by Crippen LogP contribution is -2.51. The SMILES string of the molecule is CCS(=O)(=O)N1Cc2ccccc2C[C@@H]1C(=O)Nc1cccc(S(=O)(=O)N2CCCCC2)c1. The molecule has 2 heterocycles. The Labute approximate surface area is 195 Å². The fourth-order valence-corrected chi connectivity index (χ4v) is 7.18. The van der Waals surface area contributed by atoms with E-state index in [0.717, 1.165) is 30.4 Å². The Hall–Kier alpha value is -2.27. The van der Waals surface area contributed by atoms with Crippen molar-refractivity contribution < 1.29 is 21.6 Å². The number of piperidine rings is 1. The Kier molecular flexibility index (Phi) is 6.90. The van der Waals surface area contributed by atoms with Crippen LogP contribution in [0.4, 0.5) is 5.69 Å². The largest absolute Gasteiger partial charge is 0.325 e. The third kappa shape index (κ3) is 4.98. The second kappa shape index (κ2) is 9.54. The molecule has 178 valence electrons. The first-order chi connectivity index (χ1) is 15.7. The van der Waals surface area contributed by atoms with Crippen LogP contribution in [-0.4, -0.2) is 56.2 Å². The van der Waals surface area contributed by atoms with Crippen LogP contribution in [0.3, 0.4) is 0 Å². The number of carbonyl (C=O) groups excluding carboxylic acids is 1. The minimum atomic E-state index is -3.65. The van der Waals surface area contributed by atoms with Crippen LogP contribution >= 0.6 is 0 Å². The summed E-state index contributed by atoms with van der Waals surface area (Å²) in [5.41, 5.74) is 2.14. The average molecular weight is 492 g/mol. The normalized spacial score (nSPS) is 20.2. The summed E-state index contributed by atoms with van der Waals surface area (Å²) >= 11 is 0. The first kappa shape index (κ1) is 23.9. The monoisotopic (exact) mass is 491 g/mol. The molecule has 2 aromatic carbocycles. The van der Waals surface area contributed by atoms with E-state index in [1.54, 1.807) is 19.1 Å². The van der Waals surface area contributed by atoms with Gasteiger partial charge in [0.1, 0.15) is 6.04 Å². The highest BCUT2D eigenvalue weighted by atomic mass is 32.2. The summed E-state index contributed by atoms with van der Waals surface area (Å²) in [4.78, 5) is 13.4. The fraction of sp³-hybridized carbons (Fsp3) is 0.435. The smallest absolute Gasteiger partial charge is 0.243 e. The van der Waals surface area contributed by atoms with Gasteiger partial charge >= 0.3 is 0 Å². The number of hydrogen-bond acceptors (Lipinski definition) is 5. The van der Waals surface area contributed by atoms with Gasteiger partial charge in [0.05, 0.1) is 10.6 Å². The first-order valence-electron chi connectivity index (χ1n) is 11.2. The zero-order chi connectivity index (χ0) is 23.6. The third-order valence-electron chi connectivity index (χ3n) is 6.28. The minimum Gasteiger partial charge on any atom is -0.325 e. The van der Waals surface area contributed by atoms with Gasteiger partial charge in [-0.1, -0.05) is 36.8 Å². The molecule has 1 fully saturated rings. The predicted octanol–water partition coefficient (Wildman–Crippen LogP) is 2.58. The van der Waals surface area contributed by atoms with Gasteiger partial charge in [0.25, 0.3) is 0 Å². The number of benzene rings is 2. The van der Waals surface area contributed by atoms with Crippen molar-refractivity contribution in [3.63, 3.8) is 0 Å². The molecule has 0 bridgehead atoms. The average Bonchev–Trinajstić information content (AvgIpc) is 2.84. The molecular weight excluding hydrogens is 462 g/mol. The summed E-state index contributed by atoms with van der Waals surface area (Å²) in [5.74, 6) is -0.586. The molecule has 0 unspecified atom stereocenters. The molecular formula is C23H29N3O5S2. The maximum atomic E-state index is 13.2. The topological polar surface area (TPSA) is 104 Å².